The molecule has 1 unspecified atom stereocenters. The van der Waals surface area contributed by atoms with Crippen LogP contribution in [0.15, 0.2) is 18.2 Å². The Hall–Kier alpha value is -1.42. The smallest absolute Gasteiger partial charge is 0.254 e. The molecule has 1 aromatic rings. The van der Waals surface area contributed by atoms with Gasteiger partial charge in [0.15, 0.2) is 0 Å². The van der Waals surface area contributed by atoms with Crippen LogP contribution in [0.1, 0.15) is 22.3 Å². The predicted molar refractivity (Wildman–Crippen MR) is 57.8 cm³/mol. The van der Waals surface area contributed by atoms with Gasteiger partial charge in [0, 0.05) is 6.61 Å². The van der Waals surface area contributed by atoms with Gasteiger partial charge in [-0.3, -0.25) is 4.79 Å². The summed E-state index contributed by atoms with van der Waals surface area (Å²) in [5.74, 6) is -0.848. The minimum absolute atomic E-state index is 0.00686. The fraction of sp³-hybridized carbons (Fsp3) is 0.417. The Morgan fingerprint density at radius 3 is 3.06 bits per heavy atom. The van der Waals surface area contributed by atoms with E-state index >= 15 is 0 Å². The molecule has 1 aliphatic rings. The Morgan fingerprint density at radius 2 is 2.38 bits per heavy atom. The van der Waals surface area contributed by atoms with Crippen molar-refractivity contribution in [3.8, 4) is 0 Å². The molecule has 3 nitrogen and oxygen atoms in total. The lowest BCUT2D eigenvalue weighted by molar-refractivity contribution is 0.0925. The number of benzene rings is 1. The molecule has 4 heteroatoms. The molecule has 1 amide bonds. The number of carbonyl (C=O) groups excluding carboxylic acids is 1. The van der Waals surface area contributed by atoms with Crippen molar-refractivity contribution < 1.29 is 13.9 Å². The zero-order chi connectivity index (χ0) is 11.5. The van der Waals surface area contributed by atoms with Gasteiger partial charge in [0.1, 0.15) is 5.82 Å². The number of aryl methyl sites for hydroxylation is 1. The first-order valence-electron chi connectivity index (χ1n) is 5.31. The number of carbonyl (C=O) groups is 1. The maximum absolute atomic E-state index is 13.4. The molecule has 1 fully saturated rings. The number of nitrogens with one attached hydrogen (secondary N) is 1. The van der Waals surface area contributed by atoms with Crippen molar-refractivity contribution in [2.75, 3.05) is 13.2 Å². The Kier molecular flexibility index (Phi) is 3.19. The summed E-state index contributed by atoms with van der Waals surface area (Å²) in [7, 11) is 0. The zero-order valence-electron chi connectivity index (χ0n) is 9.13. The van der Waals surface area contributed by atoms with E-state index in [0.717, 1.165) is 12.0 Å². The topological polar surface area (TPSA) is 38.3 Å². The van der Waals surface area contributed by atoms with Crippen LogP contribution >= 0.6 is 0 Å². The standard InChI is InChI=1S/C12H14FNO2/c1-8-2-3-11(13)10(6-8)12(15)14-9-4-5-16-7-9/h2-3,6,9H,4-5,7H2,1H3,(H,14,15). The monoisotopic (exact) mass is 223 g/mol. The molecule has 1 aliphatic heterocycles. The van der Waals surface area contributed by atoms with Gasteiger partial charge in [-0.05, 0) is 25.5 Å². The van der Waals surface area contributed by atoms with Gasteiger partial charge < -0.3 is 10.1 Å². The second kappa shape index (κ2) is 4.61. The van der Waals surface area contributed by atoms with Gasteiger partial charge in [0.2, 0.25) is 0 Å². The van der Waals surface area contributed by atoms with Crippen molar-refractivity contribution in [1.82, 2.24) is 5.32 Å². The lowest BCUT2D eigenvalue weighted by Crippen LogP contribution is -2.35. The van der Waals surface area contributed by atoms with Crippen LogP contribution in [-0.4, -0.2) is 25.2 Å². The molecule has 1 heterocycles. The summed E-state index contributed by atoms with van der Waals surface area (Å²) < 4.78 is 18.5. The van der Waals surface area contributed by atoms with E-state index in [4.69, 9.17) is 4.74 Å². The molecule has 0 aromatic heterocycles. The maximum Gasteiger partial charge on any atom is 0.254 e. The van der Waals surface area contributed by atoms with Crippen LogP contribution in [0.3, 0.4) is 0 Å². The van der Waals surface area contributed by atoms with Crippen LogP contribution < -0.4 is 5.32 Å². The fourth-order valence-electron chi connectivity index (χ4n) is 1.72. The van der Waals surface area contributed by atoms with Crippen molar-refractivity contribution in [2.24, 2.45) is 0 Å². The molecule has 0 aliphatic carbocycles. The second-order valence-electron chi connectivity index (χ2n) is 4.02. The Morgan fingerprint density at radius 1 is 1.56 bits per heavy atom. The van der Waals surface area contributed by atoms with Gasteiger partial charge in [-0.1, -0.05) is 11.6 Å². The lowest BCUT2D eigenvalue weighted by atomic mass is 10.1. The van der Waals surface area contributed by atoms with Crippen molar-refractivity contribution in [2.45, 2.75) is 19.4 Å². The Balaban J connectivity index is 2.10. The molecule has 1 aromatic carbocycles. The summed E-state index contributed by atoms with van der Waals surface area (Å²) in [6.07, 6.45) is 0.791. The van der Waals surface area contributed by atoms with Gasteiger partial charge in [-0.15, -0.1) is 0 Å². The zero-order valence-corrected chi connectivity index (χ0v) is 9.13. The average Bonchev–Trinajstić information content (AvgIpc) is 2.74. The van der Waals surface area contributed by atoms with Gasteiger partial charge in [-0.2, -0.15) is 0 Å². The highest BCUT2D eigenvalue weighted by molar-refractivity contribution is 5.94. The highest BCUT2D eigenvalue weighted by atomic mass is 19.1. The molecule has 16 heavy (non-hydrogen) atoms. The highest BCUT2D eigenvalue weighted by Gasteiger charge is 2.20. The van der Waals surface area contributed by atoms with Crippen LogP contribution in [0, 0.1) is 12.7 Å². The van der Waals surface area contributed by atoms with E-state index in [-0.39, 0.29) is 17.5 Å². The normalized spacial score (nSPS) is 19.8. The third kappa shape index (κ3) is 2.39. The summed E-state index contributed by atoms with van der Waals surface area (Å²) in [6, 6.07) is 4.52. The summed E-state index contributed by atoms with van der Waals surface area (Å²) in [5, 5.41) is 2.76. The van der Waals surface area contributed by atoms with Crippen LogP contribution in [0.5, 0.6) is 0 Å². The third-order valence-electron chi connectivity index (χ3n) is 2.63. The number of amides is 1. The molecule has 2 rings (SSSR count). The number of rotatable bonds is 2. The number of hydrogen-bond acceptors (Lipinski definition) is 2. The van der Waals surface area contributed by atoms with Crippen LogP contribution in [0.25, 0.3) is 0 Å². The molecule has 0 spiro atoms. The molecule has 1 saturated heterocycles. The van der Waals surface area contributed by atoms with E-state index < -0.39 is 5.82 Å². The van der Waals surface area contributed by atoms with Gasteiger partial charge in [0.05, 0.1) is 18.2 Å². The van der Waals surface area contributed by atoms with E-state index in [1.807, 2.05) is 6.92 Å². The van der Waals surface area contributed by atoms with Gasteiger partial charge in [-0.25, -0.2) is 4.39 Å². The minimum Gasteiger partial charge on any atom is -0.379 e. The molecule has 0 saturated carbocycles. The quantitative estimate of drug-likeness (QED) is 0.828. The molecular formula is C12H14FNO2. The van der Waals surface area contributed by atoms with Crippen molar-refractivity contribution in [3.05, 3.63) is 35.1 Å². The third-order valence-corrected chi connectivity index (χ3v) is 2.63. The summed E-state index contributed by atoms with van der Waals surface area (Å²) in [4.78, 5) is 11.8. The first-order valence-corrected chi connectivity index (χ1v) is 5.31. The predicted octanol–water partition coefficient (Wildman–Crippen LogP) is 1.65. The van der Waals surface area contributed by atoms with E-state index in [1.165, 1.54) is 6.07 Å². The Labute approximate surface area is 93.6 Å². The van der Waals surface area contributed by atoms with Gasteiger partial charge in [0.25, 0.3) is 5.91 Å². The number of ether oxygens (including phenoxy) is 1. The van der Waals surface area contributed by atoms with Gasteiger partial charge >= 0.3 is 0 Å². The molecule has 0 bridgehead atoms. The maximum atomic E-state index is 13.4. The van der Waals surface area contributed by atoms with Crippen LogP contribution in [0.2, 0.25) is 0 Å². The van der Waals surface area contributed by atoms with Crippen molar-refractivity contribution in [3.63, 3.8) is 0 Å². The number of halogens is 1. The van der Waals surface area contributed by atoms with E-state index in [0.29, 0.717) is 13.2 Å². The summed E-state index contributed by atoms with van der Waals surface area (Å²) in [6.45, 7) is 3.00. The SMILES string of the molecule is Cc1ccc(F)c(C(=O)NC2CCOC2)c1. The first-order chi connectivity index (χ1) is 7.66. The van der Waals surface area contributed by atoms with E-state index in [2.05, 4.69) is 5.32 Å². The minimum atomic E-state index is -0.484. The first kappa shape index (κ1) is 11.1. The van der Waals surface area contributed by atoms with Crippen molar-refractivity contribution in [1.29, 1.82) is 0 Å². The Bertz CT molecular complexity index is 400. The molecule has 1 atom stereocenters. The fourth-order valence-corrected chi connectivity index (χ4v) is 1.72. The average molecular weight is 223 g/mol. The number of hydrogen-bond donors (Lipinski definition) is 1. The molecule has 86 valence electrons. The second-order valence-corrected chi connectivity index (χ2v) is 4.02. The highest BCUT2D eigenvalue weighted by Crippen LogP contribution is 2.11. The largest absolute Gasteiger partial charge is 0.379 e. The summed E-state index contributed by atoms with van der Waals surface area (Å²) >= 11 is 0. The van der Waals surface area contributed by atoms with E-state index in [1.54, 1.807) is 12.1 Å². The molecule has 0 radical (unpaired) electrons. The summed E-state index contributed by atoms with van der Waals surface area (Å²) in [5.41, 5.74) is 0.973. The van der Waals surface area contributed by atoms with E-state index in [9.17, 15) is 9.18 Å². The lowest BCUT2D eigenvalue weighted by Gasteiger charge is -2.11. The molecule has 1 N–H and O–H groups in total. The molecular weight excluding hydrogens is 209 g/mol. The van der Waals surface area contributed by atoms with Crippen LogP contribution in [0.4, 0.5) is 4.39 Å². The van der Waals surface area contributed by atoms with Crippen LogP contribution in [-0.2, 0) is 4.74 Å². The van der Waals surface area contributed by atoms with Crippen molar-refractivity contribution >= 4 is 5.91 Å².